The maximum Gasteiger partial charge on any atom is 0.337 e. The molecule has 2 aromatic heterocycles. The minimum absolute atomic E-state index is 0.102. The van der Waals surface area contributed by atoms with Gasteiger partial charge >= 0.3 is 5.97 Å². The number of carbonyl (C=O) groups is 1. The summed E-state index contributed by atoms with van der Waals surface area (Å²) in [7, 11) is 7.77. The molecule has 4 aromatic rings. The summed E-state index contributed by atoms with van der Waals surface area (Å²) in [6.45, 7) is 1.13. The number of aromatic nitrogens is 2. The molecule has 0 unspecified atom stereocenters. The fourth-order valence-corrected chi connectivity index (χ4v) is 8.09. The van der Waals surface area contributed by atoms with Crippen molar-refractivity contribution in [3.05, 3.63) is 94.8 Å². The third-order valence-corrected chi connectivity index (χ3v) is 10.8. The van der Waals surface area contributed by atoms with Crippen LogP contribution >= 0.6 is 11.6 Å². The molecule has 0 atom stereocenters. The Kier molecular flexibility index (Phi) is 13.2. The fourth-order valence-electron chi connectivity index (χ4n) is 7.92. The molecule has 11 heteroatoms. The monoisotopic (exact) mass is 736 g/mol. The molecule has 0 N–H and O–H groups in total. The minimum atomic E-state index is -0.437. The van der Waals surface area contributed by atoms with Crippen LogP contribution in [0.5, 0.6) is 11.8 Å². The first kappa shape index (κ1) is 39.1. The number of ether oxygens (including phenoxy) is 5. The summed E-state index contributed by atoms with van der Waals surface area (Å²) in [6, 6.07) is 14.5. The van der Waals surface area contributed by atoms with Gasteiger partial charge in [-0.1, -0.05) is 49.9 Å². The quantitative estimate of drug-likeness (QED) is 0.105. The van der Waals surface area contributed by atoms with Crippen molar-refractivity contribution in [2.24, 2.45) is 0 Å². The number of hydrogen-bond donors (Lipinski definition) is 0. The van der Waals surface area contributed by atoms with Gasteiger partial charge in [0.05, 0.1) is 52.5 Å². The fraction of sp³-hybridized carbons (Fsp3) is 0.439. The number of pyridine rings is 2. The summed E-state index contributed by atoms with van der Waals surface area (Å²) < 4.78 is 55.6. The van der Waals surface area contributed by atoms with E-state index in [1.807, 2.05) is 18.2 Å². The number of methoxy groups -OCH3 is 5. The Labute approximate surface area is 309 Å². The van der Waals surface area contributed by atoms with E-state index in [4.69, 9.17) is 35.3 Å². The van der Waals surface area contributed by atoms with E-state index in [2.05, 4.69) is 16.0 Å². The summed E-state index contributed by atoms with van der Waals surface area (Å²) in [5, 5.41) is 0. The van der Waals surface area contributed by atoms with Crippen LogP contribution in [-0.2, 0) is 30.9 Å². The normalized spacial score (nSPS) is 15.8. The van der Waals surface area contributed by atoms with E-state index < -0.39 is 11.8 Å². The second-order valence-corrected chi connectivity index (χ2v) is 13.8. The van der Waals surface area contributed by atoms with Crippen LogP contribution in [0.3, 0.4) is 0 Å². The van der Waals surface area contributed by atoms with Crippen molar-refractivity contribution in [2.45, 2.75) is 68.1 Å². The SMILES string of the molecule is COCC1(c2cc(C(=O)OC)ccc2-c2cc(OC)ncc2F)CCCC1.COCC1(c2cc(CCl)ccc2-c2cc(OC)ncc2F)CCCC1. The first-order valence-corrected chi connectivity index (χ1v) is 18.0. The largest absolute Gasteiger partial charge is 0.481 e. The molecule has 0 aliphatic heterocycles. The summed E-state index contributed by atoms with van der Waals surface area (Å²) in [5.74, 6) is -0.0446. The van der Waals surface area contributed by atoms with E-state index in [1.54, 1.807) is 38.5 Å². The van der Waals surface area contributed by atoms with Crippen LogP contribution < -0.4 is 9.47 Å². The van der Waals surface area contributed by atoms with Crippen LogP contribution in [0.15, 0.2) is 60.9 Å². The van der Waals surface area contributed by atoms with E-state index in [1.165, 1.54) is 27.5 Å². The smallest absolute Gasteiger partial charge is 0.337 e. The Morgan fingerprint density at radius 3 is 1.56 bits per heavy atom. The van der Waals surface area contributed by atoms with E-state index in [9.17, 15) is 13.6 Å². The van der Waals surface area contributed by atoms with E-state index in [0.717, 1.165) is 85.4 Å². The van der Waals surface area contributed by atoms with Gasteiger partial charge in [0.25, 0.3) is 0 Å². The van der Waals surface area contributed by atoms with Gasteiger partial charge in [0.2, 0.25) is 11.8 Å². The zero-order chi connectivity index (χ0) is 37.3. The highest BCUT2D eigenvalue weighted by Gasteiger charge is 2.39. The van der Waals surface area contributed by atoms with Crippen molar-refractivity contribution in [1.29, 1.82) is 0 Å². The zero-order valence-corrected chi connectivity index (χ0v) is 31.3. The lowest BCUT2D eigenvalue weighted by molar-refractivity contribution is 0.0600. The predicted octanol–water partition coefficient (Wildman–Crippen LogP) is 9.23. The molecule has 2 fully saturated rings. The number of carbonyl (C=O) groups excluding carboxylic acids is 1. The third kappa shape index (κ3) is 8.24. The van der Waals surface area contributed by atoms with Crippen molar-refractivity contribution >= 4 is 17.6 Å². The van der Waals surface area contributed by atoms with Crippen molar-refractivity contribution in [2.75, 3.05) is 48.8 Å². The van der Waals surface area contributed by atoms with Crippen LogP contribution in [0.2, 0.25) is 0 Å². The van der Waals surface area contributed by atoms with Crippen molar-refractivity contribution in [3.8, 4) is 34.0 Å². The highest BCUT2D eigenvalue weighted by Crippen LogP contribution is 2.47. The number of esters is 1. The molecule has 8 nitrogen and oxygen atoms in total. The summed E-state index contributed by atoms with van der Waals surface area (Å²) in [6.07, 6.45) is 10.7. The lowest BCUT2D eigenvalue weighted by atomic mass is 9.75. The average Bonchev–Trinajstić information content (AvgIpc) is 3.86. The second kappa shape index (κ2) is 17.6. The molecule has 6 rings (SSSR count). The van der Waals surface area contributed by atoms with E-state index in [-0.39, 0.29) is 16.6 Å². The molecule has 2 aliphatic carbocycles. The molecule has 0 amide bonds. The van der Waals surface area contributed by atoms with Crippen LogP contribution in [0.25, 0.3) is 22.3 Å². The number of benzene rings is 2. The molecule has 2 saturated carbocycles. The van der Waals surface area contributed by atoms with Crippen molar-refractivity contribution in [1.82, 2.24) is 9.97 Å². The Morgan fingerprint density at radius 2 is 1.13 bits per heavy atom. The lowest BCUT2D eigenvalue weighted by Gasteiger charge is -2.31. The minimum Gasteiger partial charge on any atom is -0.481 e. The summed E-state index contributed by atoms with van der Waals surface area (Å²) in [4.78, 5) is 20.0. The Morgan fingerprint density at radius 1 is 0.673 bits per heavy atom. The maximum absolute atomic E-state index is 14.7. The molecule has 2 heterocycles. The molecule has 2 aliphatic rings. The van der Waals surface area contributed by atoms with Gasteiger partial charge in [-0.3, -0.25) is 0 Å². The number of rotatable bonds is 12. The van der Waals surface area contributed by atoms with Crippen LogP contribution in [0, 0.1) is 11.6 Å². The highest BCUT2D eigenvalue weighted by molar-refractivity contribution is 6.17. The summed E-state index contributed by atoms with van der Waals surface area (Å²) >= 11 is 6.07. The molecular formula is C41H47ClF2N2O6. The van der Waals surface area contributed by atoms with Gasteiger partial charge in [-0.2, -0.15) is 0 Å². The number of nitrogens with zero attached hydrogens (tertiary/aromatic N) is 2. The van der Waals surface area contributed by atoms with Gasteiger partial charge in [-0.15, -0.1) is 11.6 Å². The van der Waals surface area contributed by atoms with E-state index in [0.29, 0.717) is 47.5 Å². The highest BCUT2D eigenvalue weighted by atomic mass is 35.5. The first-order valence-electron chi connectivity index (χ1n) is 17.5. The summed E-state index contributed by atoms with van der Waals surface area (Å²) in [5.41, 5.74) is 5.61. The van der Waals surface area contributed by atoms with E-state index >= 15 is 0 Å². The molecular weight excluding hydrogens is 690 g/mol. The number of hydrogen-bond acceptors (Lipinski definition) is 8. The number of alkyl halides is 1. The maximum atomic E-state index is 14.7. The molecule has 2 aromatic carbocycles. The first-order chi connectivity index (χ1) is 25.2. The zero-order valence-electron chi connectivity index (χ0n) is 30.5. The average molecular weight is 737 g/mol. The Balaban J connectivity index is 0.000000202. The van der Waals surface area contributed by atoms with Crippen LogP contribution in [0.4, 0.5) is 8.78 Å². The van der Waals surface area contributed by atoms with Gasteiger partial charge in [0, 0.05) is 54.2 Å². The number of halogens is 3. The topological polar surface area (TPSA) is 89.0 Å². The Bertz CT molecular complexity index is 1840. The molecule has 0 bridgehead atoms. The molecule has 0 saturated heterocycles. The standard InChI is InChI=1S/C21H24FNO4.C20H23ClFNO2/c1-25-13-21(8-4-5-9-21)17-10-14(20(24)27-3)6-7-15(17)16-11-19(26-2)23-12-18(16)22;1-24-13-20(7-3-4-8-20)17-9-14(11-21)5-6-15(17)16-10-19(25-2)23-12-18(16)22/h6-7,10-12H,4-5,8-9,13H2,1-3H3;5-6,9-10,12H,3-4,7-8,11,13H2,1-2H3. The molecule has 52 heavy (non-hydrogen) atoms. The van der Waals surface area contributed by atoms with Gasteiger partial charge in [-0.25, -0.2) is 23.5 Å². The van der Waals surface area contributed by atoms with Crippen molar-refractivity contribution < 1.29 is 37.3 Å². The molecule has 0 spiro atoms. The molecule has 0 radical (unpaired) electrons. The van der Waals surface area contributed by atoms with Crippen LogP contribution in [-0.4, -0.2) is 64.7 Å². The lowest BCUT2D eigenvalue weighted by Crippen LogP contribution is -2.29. The van der Waals surface area contributed by atoms with Gasteiger partial charge < -0.3 is 23.7 Å². The van der Waals surface area contributed by atoms with Crippen molar-refractivity contribution in [3.63, 3.8) is 0 Å². The van der Waals surface area contributed by atoms with Gasteiger partial charge in [-0.05, 0) is 65.6 Å². The second-order valence-electron chi connectivity index (χ2n) is 13.5. The Hall–Kier alpha value is -4.12. The predicted molar refractivity (Wildman–Crippen MR) is 197 cm³/mol. The van der Waals surface area contributed by atoms with Crippen LogP contribution in [0.1, 0.15) is 78.4 Å². The van der Waals surface area contributed by atoms with Gasteiger partial charge in [0.1, 0.15) is 11.6 Å². The van der Waals surface area contributed by atoms with Gasteiger partial charge in [0.15, 0.2) is 0 Å². The molecule has 278 valence electrons. The third-order valence-electron chi connectivity index (χ3n) is 10.4.